The number of benzene rings is 3. The Bertz CT molecular complexity index is 1240. The highest BCUT2D eigenvalue weighted by molar-refractivity contribution is 8.04. The van der Waals surface area contributed by atoms with Crippen LogP contribution in [-0.4, -0.2) is 33.1 Å². The minimum absolute atomic E-state index is 0.134. The highest BCUT2D eigenvalue weighted by Crippen LogP contribution is 2.42. The summed E-state index contributed by atoms with van der Waals surface area (Å²) in [5, 5.41) is 2.92. The molecule has 0 saturated carbocycles. The average molecular weight is 461 g/mol. The third-order valence-electron chi connectivity index (χ3n) is 5.38. The van der Waals surface area contributed by atoms with Gasteiger partial charge in [-0.05, 0) is 36.4 Å². The Labute approximate surface area is 197 Å². The second-order valence-corrected chi connectivity index (χ2v) is 8.48. The average Bonchev–Trinajstić information content (AvgIpc) is 2.86. The summed E-state index contributed by atoms with van der Waals surface area (Å²) in [6.07, 6.45) is 1.83. The van der Waals surface area contributed by atoms with Crippen LogP contribution in [0.3, 0.4) is 0 Å². The van der Waals surface area contributed by atoms with Crippen molar-refractivity contribution in [1.29, 1.82) is 0 Å². The first kappa shape index (κ1) is 22.5. The van der Waals surface area contributed by atoms with E-state index in [2.05, 4.69) is 5.32 Å². The van der Waals surface area contributed by atoms with E-state index in [0.29, 0.717) is 28.5 Å². The fraction of sp³-hybridized carbons (Fsp3) is 0.154. The van der Waals surface area contributed by atoms with Crippen molar-refractivity contribution in [3.8, 4) is 11.5 Å². The van der Waals surface area contributed by atoms with Gasteiger partial charge in [0, 0.05) is 35.2 Å². The number of fused-ring (bicyclic) bond motifs is 1. The number of hydrogen-bond acceptors (Lipinski definition) is 5. The summed E-state index contributed by atoms with van der Waals surface area (Å²) in [6.45, 7) is 0.343. The number of nitrogens with zero attached hydrogens (tertiary/aromatic N) is 1. The van der Waals surface area contributed by atoms with E-state index in [9.17, 15) is 9.59 Å². The highest BCUT2D eigenvalue weighted by Gasteiger charge is 2.27. The van der Waals surface area contributed by atoms with Crippen molar-refractivity contribution < 1.29 is 19.1 Å². The Hall–Kier alpha value is -3.71. The lowest BCUT2D eigenvalue weighted by molar-refractivity contribution is -0.114. The first-order valence-electron chi connectivity index (χ1n) is 10.4. The van der Waals surface area contributed by atoms with E-state index < -0.39 is 0 Å². The smallest absolute Gasteiger partial charge is 0.264 e. The van der Waals surface area contributed by atoms with E-state index in [-0.39, 0.29) is 11.8 Å². The molecule has 1 aliphatic heterocycles. The van der Waals surface area contributed by atoms with Crippen molar-refractivity contribution in [1.82, 2.24) is 5.32 Å². The number of amides is 2. The van der Waals surface area contributed by atoms with Crippen LogP contribution in [0, 0.1) is 0 Å². The predicted octanol–water partition coefficient (Wildman–Crippen LogP) is 4.74. The van der Waals surface area contributed by atoms with Crippen LogP contribution in [0.25, 0.3) is 6.08 Å². The number of hydrogen-bond donors (Lipinski definition) is 1. The lowest BCUT2D eigenvalue weighted by Gasteiger charge is -2.27. The SMILES string of the molecule is COc1ccccc1C=C1Sc2ccc(C(=O)NCc3ccccc3OC)cc2N(C)C1=O. The first-order chi connectivity index (χ1) is 16.0. The third-order valence-corrected chi connectivity index (χ3v) is 6.45. The third kappa shape index (κ3) is 4.73. The number of para-hydroxylation sites is 2. The van der Waals surface area contributed by atoms with Crippen molar-refractivity contribution in [2.75, 3.05) is 26.2 Å². The van der Waals surface area contributed by atoms with Crippen LogP contribution in [0.4, 0.5) is 5.69 Å². The van der Waals surface area contributed by atoms with E-state index in [1.807, 2.05) is 60.7 Å². The van der Waals surface area contributed by atoms with Gasteiger partial charge in [0.25, 0.3) is 11.8 Å². The number of anilines is 1. The topological polar surface area (TPSA) is 67.9 Å². The molecule has 4 rings (SSSR count). The molecule has 1 aliphatic rings. The number of rotatable bonds is 6. The van der Waals surface area contributed by atoms with Gasteiger partial charge in [-0.1, -0.05) is 48.2 Å². The number of carbonyl (C=O) groups is 2. The molecule has 0 spiro atoms. The Balaban J connectivity index is 1.55. The number of nitrogens with one attached hydrogen (secondary N) is 1. The zero-order valence-corrected chi connectivity index (χ0v) is 19.4. The van der Waals surface area contributed by atoms with Gasteiger partial charge in [-0.2, -0.15) is 0 Å². The molecule has 3 aromatic rings. The summed E-state index contributed by atoms with van der Waals surface area (Å²) in [4.78, 5) is 28.9. The van der Waals surface area contributed by atoms with Crippen molar-refractivity contribution in [3.05, 3.63) is 88.3 Å². The second-order valence-electron chi connectivity index (χ2n) is 7.39. The quantitative estimate of drug-likeness (QED) is 0.538. The maximum Gasteiger partial charge on any atom is 0.264 e. The Morgan fingerprint density at radius 1 is 1.00 bits per heavy atom. The van der Waals surface area contributed by atoms with Gasteiger partial charge in [0.05, 0.1) is 24.8 Å². The minimum Gasteiger partial charge on any atom is -0.496 e. The van der Waals surface area contributed by atoms with Gasteiger partial charge >= 0.3 is 0 Å². The molecule has 0 unspecified atom stereocenters. The molecular weight excluding hydrogens is 436 g/mol. The van der Waals surface area contributed by atoms with Gasteiger partial charge < -0.3 is 19.7 Å². The lowest BCUT2D eigenvalue weighted by atomic mass is 10.1. The van der Waals surface area contributed by atoms with E-state index in [1.54, 1.807) is 38.3 Å². The van der Waals surface area contributed by atoms with Gasteiger partial charge in [-0.25, -0.2) is 0 Å². The molecule has 0 aliphatic carbocycles. The van der Waals surface area contributed by atoms with Gasteiger partial charge in [-0.15, -0.1) is 0 Å². The largest absolute Gasteiger partial charge is 0.496 e. The normalized spacial score (nSPS) is 14.1. The number of methoxy groups -OCH3 is 2. The summed E-state index contributed by atoms with van der Waals surface area (Å²) >= 11 is 1.38. The van der Waals surface area contributed by atoms with Crippen LogP contribution >= 0.6 is 11.8 Å². The van der Waals surface area contributed by atoms with Crippen LogP contribution in [-0.2, 0) is 11.3 Å². The molecule has 0 atom stereocenters. The van der Waals surface area contributed by atoms with Crippen LogP contribution in [0.5, 0.6) is 11.5 Å². The lowest BCUT2D eigenvalue weighted by Crippen LogP contribution is -2.31. The van der Waals surface area contributed by atoms with E-state index >= 15 is 0 Å². The molecule has 0 saturated heterocycles. The number of likely N-dealkylation sites (N-methyl/N-ethyl adjacent to an activating group) is 1. The van der Waals surface area contributed by atoms with E-state index in [4.69, 9.17) is 9.47 Å². The fourth-order valence-corrected chi connectivity index (χ4v) is 4.67. The molecule has 1 heterocycles. The summed E-state index contributed by atoms with van der Waals surface area (Å²) in [5.41, 5.74) is 2.91. The predicted molar refractivity (Wildman–Crippen MR) is 131 cm³/mol. The molecule has 0 radical (unpaired) electrons. The van der Waals surface area contributed by atoms with Crippen molar-refractivity contribution >= 4 is 35.3 Å². The molecule has 0 bridgehead atoms. The maximum atomic E-state index is 13.0. The van der Waals surface area contributed by atoms with Crippen molar-refractivity contribution in [2.45, 2.75) is 11.4 Å². The zero-order chi connectivity index (χ0) is 23.4. The summed E-state index contributed by atoms with van der Waals surface area (Å²) < 4.78 is 10.7. The number of carbonyl (C=O) groups excluding carboxylic acids is 2. The van der Waals surface area contributed by atoms with Gasteiger partial charge in [0.15, 0.2) is 0 Å². The molecule has 0 fully saturated rings. The Kier molecular flexibility index (Phi) is 6.70. The summed E-state index contributed by atoms with van der Waals surface area (Å²) in [7, 11) is 4.92. The van der Waals surface area contributed by atoms with Crippen LogP contribution in [0.2, 0.25) is 0 Å². The van der Waals surface area contributed by atoms with Crippen LogP contribution in [0.15, 0.2) is 76.5 Å². The van der Waals surface area contributed by atoms with Gasteiger partial charge in [0.1, 0.15) is 11.5 Å². The second kappa shape index (κ2) is 9.83. The molecule has 6 nitrogen and oxygen atoms in total. The molecule has 33 heavy (non-hydrogen) atoms. The first-order valence-corrected chi connectivity index (χ1v) is 11.2. The number of ether oxygens (including phenoxy) is 2. The highest BCUT2D eigenvalue weighted by atomic mass is 32.2. The molecule has 2 amide bonds. The van der Waals surface area contributed by atoms with Crippen molar-refractivity contribution in [2.24, 2.45) is 0 Å². The Morgan fingerprint density at radius 2 is 1.70 bits per heavy atom. The number of thioether (sulfide) groups is 1. The fourth-order valence-electron chi connectivity index (χ4n) is 3.59. The molecule has 7 heteroatoms. The van der Waals surface area contributed by atoms with Crippen LogP contribution in [0.1, 0.15) is 21.5 Å². The maximum absolute atomic E-state index is 13.0. The monoisotopic (exact) mass is 460 g/mol. The zero-order valence-electron chi connectivity index (χ0n) is 18.6. The molecule has 3 aromatic carbocycles. The van der Waals surface area contributed by atoms with Gasteiger partial charge in [-0.3, -0.25) is 9.59 Å². The summed E-state index contributed by atoms with van der Waals surface area (Å²) in [5.74, 6) is 1.07. The Morgan fingerprint density at radius 3 is 2.45 bits per heavy atom. The van der Waals surface area contributed by atoms with Crippen LogP contribution < -0.4 is 19.7 Å². The molecular formula is C26H24N2O4S. The molecule has 1 N–H and O–H groups in total. The molecule has 168 valence electrons. The van der Waals surface area contributed by atoms with E-state index in [0.717, 1.165) is 21.8 Å². The van der Waals surface area contributed by atoms with E-state index in [1.165, 1.54) is 11.8 Å². The molecule has 0 aromatic heterocycles. The van der Waals surface area contributed by atoms with Gasteiger partial charge in [0.2, 0.25) is 0 Å². The standard InChI is InChI=1S/C26H24N2O4S/c1-28-20-14-18(25(29)27-16-19-9-5-7-11-22(19)32-3)12-13-23(20)33-24(26(28)30)15-17-8-4-6-10-21(17)31-2/h4-15H,16H2,1-3H3,(H,27,29). The minimum atomic E-state index is -0.218. The summed E-state index contributed by atoms with van der Waals surface area (Å²) in [6, 6.07) is 20.5. The van der Waals surface area contributed by atoms with Crippen molar-refractivity contribution in [3.63, 3.8) is 0 Å².